The van der Waals surface area contributed by atoms with Crippen LogP contribution >= 0.6 is 23.2 Å². The van der Waals surface area contributed by atoms with Crippen molar-refractivity contribution in [1.29, 1.82) is 0 Å². The van der Waals surface area contributed by atoms with E-state index in [0.717, 1.165) is 22.7 Å². The summed E-state index contributed by atoms with van der Waals surface area (Å²) in [5.41, 5.74) is 1.60. The summed E-state index contributed by atoms with van der Waals surface area (Å²) in [5.74, 6) is 2.04. The lowest BCUT2D eigenvalue weighted by Gasteiger charge is -2.08. The van der Waals surface area contributed by atoms with Crippen molar-refractivity contribution in [3.63, 3.8) is 0 Å². The molecule has 0 aliphatic carbocycles. The Balaban J connectivity index is 1.71. The van der Waals surface area contributed by atoms with Crippen LogP contribution in [0.15, 0.2) is 71.7 Å². The predicted octanol–water partition coefficient (Wildman–Crippen LogP) is 6.94. The molecule has 5 heteroatoms. The van der Waals surface area contributed by atoms with Gasteiger partial charge in [-0.1, -0.05) is 41.4 Å². The summed E-state index contributed by atoms with van der Waals surface area (Å²) >= 11 is 12.4. The summed E-state index contributed by atoms with van der Waals surface area (Å²) < 4.78 is 11.2. The van der Waals surface area contributed by atoms with Crippen LogP contribution in [0.4, 0.5) is 5.69 Å². The van der Waals surface area contributed by atoms with Crippen molar-refractivity contribution < 1.29 is 9.47 Å². The number of ether oxygens (including phenoxy) is 2. The van der Waals surface area contributed by atoms with E-state index in [9.17, 15) is 0 Å². The Bertz CT molecular complexity index is 871. The van der Waals surface area contributed by atoms with Gasteiger partial charge in [0.1, 0.15) is 11.5 Å². The number of hydrogen-bond donors (Lipinski definition) is 0. The summed E-state index contributed by atoms with van der Waals surface area (Å²) in [5, 5.41) is 0.930. The molecule has 0 amide bonds. The smallest absolute Gasteiger partial charge is 0.156 e. The highest BCUT2D eigenvalue weighted by molar-refractivity contribution is 6.37. The zero-order valence-electron chi connectivity index (χ0n) is 14.2. The fourth-order valence-electron chi connectivity index (χ4n) is 2.31. The molecular formula is C21H17Cl2NO2. The van der Waals surface area contributed by atoms with E-state index in [0.29, 0.717) is 22.4 Å². The molecule has 3 aromatic carbocycles. The first-order valence-corrected chi connectivity index (χ1v) is 8.90. The normalized spacial score (nSPS) is 10.9. The lowest BCUT2D eigenvalue weighted by molar-refractivity contribution is 0.340. The van der Waals surface area contributed by atoms with Crippen molar-refractivity contribution in [2.75, 3.05) is 6.61 Å². The van der Waals surface area contributed by atoms with Crippen LogP contribution < -0.4 is 9.47 Å². The summed E-state index contributed by atoms with van der Waals surface area (Å²) in [6.45, 7) is 2.39. The first-order valence-electron chi connectivity index (χ1n) is 8.14. The highest BCUT2D eigenvalue weighted by Crippen LogP contribution is 2.34. The van der Waals surface area contributed by atoms with Gasteiger partial charge in [-0.25, -0.2) is 0 Å². The van der Waals surface area contributed by atoms with E-state index >= 15 is 0 Å². The summed E-state index contributed by atoms with van der Waals surface area (Å²) in [6, 6.07) is 20.7. The van der Waals surface area contributed by atoms with Crippen LogP contribution in [0.5, 0.6) is 17.2 Å². The van der Waals surface area contributed by atoms with Crippen LogP contribution in [-0.2, 0) is 0 Å². The molecule has 26 heavy (non-hydrogen) atoms. The third kappa shape index (κ3) is 4.78. The second-order valence-corrected chi connectivity index (χ2v) is 6.23. The summed E-state index contributed by atoms with van der Waals surface area (Å²) in [4.78, 5) is 4.44. The van der Waals surface area contributed by atoms with Gasteiger partial charge in [0, 0.05) is 6.21 Å². The largest absolute Gasteiger partial charge is 0.491 e. The molecule has 0 aliphatic rings. The first kappa shape index (κ1) is 18.3. The molecule has 0 bridgehead atoms. The first-order chi connectivity index (χ1) is 12.7. The zero-order valence-corrected chi connectivity index (χ0v) is 15.7. The minimum absolute atomic E-state index is 0.465. The lowest BCUT2D eigenvalue weighted by Crippen LogP contribution is -1.94. The number of rotatable bonds is 6. The molecule has 0 fully saturated rings. The van der Waals surface area contributed by atoms with Gasteiger partial charge in [-0.3, -0.25) is 4.99 Å². The van der Waals surface area contributed by atoms with Gasteiger partial charge in [-0.2, -0.15) is 0 Å². The minimum Gasteiger partial charge on any atom is -0.491 e. The zero-order chi connectivity index (χ0) is 18.4. The van der Waals surface area contributed by atoms with E-state index < -0.39 is 0 Å². The van der Waals surface area contributed by atoms with Crippen molar-refractivity contribution in [2.45, 2.75) is 6.92 Å². The van der Waals surface area contributed by atoms with Gasteiger partial charge in [0.25, 0.3) is 0 Å². The predicted molar refractivity (Wildman–Crippen MR) is 108 cm³/mol. The standard InChI is InChI=1S/C21H17Cl2NO2/c1-2-25-21-19(22)12-15(13-20(21)23)14-24-16-8-10-18(11-9-16)26-17-6-4-3-5-7-17/h3-14H,2H2,1H3. The Hall–Kier alpha value is -2.49. The topological polar surface area (TPSA) is 30.8 Å². The molecule has 132 valence electrons. The van der Waals surface area contributed by atoms with Crippen molar-refractivity contribution in [3.8, 4) is 17.2 Å². The molecule has 3 aromatic rings. The molecule has 0 spiro atoms. The molecule has 0 radical (unpaired) electrons. The lowest BCUT2D eigenvalue weighted by atomic mass is 10.2. The Labute approximate surface area is 162 Å². The van der Waals surface area contributed by atoms with Crippen LogP contribution in [0.3, 0.4) is 0 Å². The van der Waals surface area contributed by atoms with Crippen molar-refractivity contribution in [3.05, 3.63) is 82.3 Å². The quantitative estimate of drug-likeness (QED) is 0.430. The van der Waals surface area contributed by atoms with Crippen LogP contribution in [0.25, 0.3) is 0 Å². The Morgan fingerprint density at radius 1 is 0.885 bits per heavy atom. The summed E-state index contributed by atoms with van der Waals surface area (Å²) in [7, 11) is 0. The van der Waals surface area contributed by atoms with E-state index in [2.05, 4.69) is 4.99 Å². The summed E-state index contributed by atoms with van der Waals surface area (Å²) in [6.07, 6.45) is 1.71. The van der Waals surface area contributed by atoms with E-state index in [1.54, 1.807) is 18.3 Å². The van der Waals surface area contributed by atoms with Gasteiger partial charge in [-0.15, -0.1) is 0 Å². The van der Waals surface area contributed by atoms with Crippen LogP contribution in [0.1, 0.15) is 12.5 Å². The van der Waals surface area contributed by atoms with Gasteiger partial charge in [0.15, 0.2) is 5.75 Å². The number of hydrogen-bond acceptors (Lipinski definition) is 3. The van der Waals surface area contributed by atoms with E-state index in [4.69, 9.17) is 32.7 Å². The maximum atomic E-state index is 6.21. The number of benzene rings is 3. The number of aliphatic imine (C=N–C) groups is 1. The van der Waals surface area contributed by atoms with Crippen LogP contribution in [-0.4, -0.2) is 12.8 Å². The van der Waals surface area contributed by atoms with E-state index in [1.165, 1.54) is 0 Å². The highest BCUT2D eigenvalue weighted by atomic mass is 35.5. The van der Waals surface area contributed by atoms with Gasteiger partial charge in [-0.05, 0) is 61.0 Å². The molecule has 0 N–H and O–H groups in total. The van der Waals surface area contributed by atoms with E-state index in [1.807, 2.05) is 61.5 Å². The Morgan fingerprint density at radius 3 is 2.12 bits per heavy atom. The third-order valence-corrected chi connectivity index (χ3v) is 4.05. The molecule has 0 atom stereocenters. The molecule has 0 unspecified atom stereocenters. The molecule has 0 heterocycles. The van der Waals surface area contributed by atoms with Gasteiger partial charge < -0.3 is 9.47 Å². The second-order valence-electron chi connectivity index (χ2n) is 5.41. The molecule has 0 saturated carbocycles. The van der Waals surface area contributed by atoms with Crippen molar-refractivity contribution in [1.82, 2.24) is 0 Å². The molecular weight excluding hydrogens is 369 g/mol. The average Bonchev–Trinajstić information content (AvgIpc) is 2.65. The van der Waals surface area contributed by atoms with E-state index in [-0.39, 0.29) is 0 Å². The van der Waals surface area contributed by atoms with Gasteiger partial charge >= 0.3 is 0 Å². The molecule has 0 aliphatic heterocycles. The Morgan fingerprint density at radius 2 is 1.50 bits per heavy atom. The van der Waals surface area contributed by atoms with Gasteiger partial charge in [0.05, 0.1) is 22.3 Å². The molecule has 0 aromatic heterocycles. The maximum Gasteiger partial charge on any atom is 0.156 e. The third-order valence-electron chi connectivity index (χ3n) is 3.49. The SMILES string of the molecule is CCOc1c(Cl)cc(C=Nc2ccc(Oc3ccccc3)cc2)cc1Cl. The van der Waals surface area contributed by atoms with Crippen LogP contribution in [0, 0.1) is 0 Å². The number of halogens is 2. The minimum atomic E-state index is 0.465. The average molecular weight is 386 g/mol. The fraction of sp³-hybridized carbons (Fsp3) is 0.0952. The number of nitrogens with zero attached hydrogens (tertiary/aromatic N) is 1. The van der Waals surface area contributed by atoms with Crippen molar-refractivity contribution in [2.24, 2.45) is 4.99 Å². The maximum absolute atomic E-state index is 6.21. The monoisotopic (exact) mass is 385 g/mol. The fourth-order valence-corrected chi connectivity index (χ4v) is 2.92. The van der Waals surface area contributed by atoms with Gasteiger partial charge in [0.2, 0.25) is 0 Å². The second kappa shape index (κ2) is 8.75. The number of para-hydroxylation sites is 1. The Kier molecular flexibility index (Phi) is 6.16. The molecule has 0 saturated heterocycles. The van der Waals surface area contributed by atoms with Crippen molar-refractivity contribution >= 4 is 35.1 Å². The highest BCUT2D eigenvalue weighted by Gasteiger charge is 2.08. The van der Waals surface area contributed by atoms with Crippen LogP contribution in [0.2, 0.25) is 10.0 Å². The molecule has 3 rings (SSSR count). The molecule has 3 nitrogen and oxygen atoms in total.